The van der Waals surface area contributed by atoms with Crippen molar-refractivity contribution in [1.29, 1.82) is 0 Å². The predicted molar refractivity (Wildman–Crippen MR) is 70.8 cm³/mol. The number of aryl methyl sites for hydroxylation is 1. The summed E-state index contributed by atoms with van der Waals surface area (Å²) < 4.78 is 5.54. The van der Waals surface area contributed by atoms with E-state index >= 15 is 0 Å². The molecule has 0 bridgehead atoms. The Bertz CT molecular complexity index is 535. The molecule has 0 radical (unpaired) electrons. The van der Waals surface area contributed by atoms with Crippen LogP contribution in [0.1, 0.15) is 24.1 Å². The molecule has 2 aromatic rings. The zero-order valence-corrected chi connectivity index (χ0v) is 10.3. The van der Waals surface area contributed by atoms with Crippen molar-refractivity contribution in [3.8, 4) is 0 Å². The number of fused-ring (bicyclic) bond motifs is 1. The van der Waals surface area contributed by atoms with Gasteiger partial charge in [-0.25, -0.2) is 0 Å². The highest BCUT2D eigenvalue weighted by Crippen LogP contribution is 2.31. The van der Waals surface area contributed by atoms with Crippen molar-refractivity contribution in [3.05, 3.63) is 41.8 Å². The van der Waals surface area contributed by atoms with Crippen LogP contribution in [0.25, 0.3) is 0 Å². The van der Waals surface area contributed by atoms with E-state index in [4.69, 9.17) is 10.2 Å². The molecule has 0 amide bonds. The van der Waals surface area contributed by atoms with Crippen molar-refractivity contribution in [1.82, 2.24) is 4.98 Å². The average molecular weight is 243 g/mol. The lowest BCUT2D eigenvalue weighted by Gasteiger charge is -2.20. The minimum Gasteiger partial charge on any atom is -0.431 e. The summed E-state index contributed by atoms with van der Waals surface area (Å²) in [5, 5.41) is 0. The minimum atomic E-state index is 0.416. The van der Waals surface area contributed by atoms with Gasteiger partial charge in [-0.3, -0.25) is 4.90 Å². The highest BCUT2D eigenvalue weighted by Gasteiger charge is 2.19. The largest absolute Gasteiger partial charge is 0.431 e. The molecule has 1 aromatic carbocycles. The van der Waals surface area contributed by atoms with Gasteiger partial charge in [0.2, 0.25) is 0 Å². The molecular formula is C14H17N3O. The Labute approximate surface area is 106 Å². The molecule has 94 valence electrons. The fourth-order valence-electron chi connectivity index (χ4n) is 2.40. The van der Waals surface area contributed by atoms with Crippen molar-refractivity contribution in [3.63, 3.8) is 0 Å². The fraction of sp³-hybridized carbons (Fsp3) is 0.357. The Kier molecular flexibility index (Phi) is 3.02. The topological polar surface area (TPSA) is 55.3 Å². The monoisotopic (exact) mass is 243 g/mol. The van der Waals surface area contributed by atoms with Gasteiger partial charge in [-0.2, -0.15) is 4.98 Å². The van der Waals surface area contributed by atoms with E-state index in [2.05, 4.69) is 34.1 Å². The summed E-state index contributed by atoms with van der Waals surface area (Å²) >= 11 is 0. The highest BCUT2D eigenvalue weighted by atomic mass is 16.4. The molecule has 0 fully saturated rings. The Morgan fingerprint density at radius 2 is 2.17 bits per heavy atom. The van der Waals surface area contributed by atoms with Crippen LogP contribution in [0.4, 0.5) is 11.7 Å². The average Bonchev–Trinajstić information content (AvgIpc) is 2.78. The van der Waals surface area contributed by atoms with Crippen LogP contribution in [-0.2, 0) is 13.0 Å². The standard InChI is InChI=1S/C14H17N3O/c15-9-12-10-18-14(16-12)17-8-4-3-6-11-5-1-2-7-13(11)17/h1-2,5,7,10H,3-4,6,8-9,15H2. The molecule has 4 nitrogen and oxygen atoms in total. The molecule has 0 saturated heterocycles. The Morgan fingerprint density at radius 1 is 1.28 bits per heavy atom. The third-order valence-electron chi connectivity index (χ3n) is 3.34. The van der Waals surface area contributed by atoms with Crippen LogP contribution in [0.3, 0.4) is 0 Å². The summed E-state index contributed by atoms with van der Waals surface area (Å²) in [5.41, 5.74) is 8.95. The maximum Gasteiger partial charge on any atom is 0.302 e. The van der Waals surface area contributed by atoms with Crippen LogP contribution >= 0.6 is 0 Å². The number of hydrogen-bond acceptors (Lipinski definition) is 4. The van der Waals surface area contributed by atoms with E-state index in [-0.39, 0.29) is 0 Å². The number of para-hydroxylation sites is 1. The number of hydrogen-bond donors (Lipinski definition) is 1. The minimum absolute atomic E-state index is 0.416. The van der Waals surface area contributed by atoms with Crippen molar-refractivity contribution in [2.45, 2.75) is 25.8 Å². The zero-order valence-electron chi connectivity index (χ0n) is 10.3. The second-order valence-electron chi connectivity index (χ2n) is 4.56. The van der Waals surface area contributed by atoms with Gasteiger partial charge in [0.05, 0.1) is 5.69 Å². The molecule has 2 N–H and O–H groups in total. The third kappa shape index (κ3) is 1.99. The highest BCUT2D eigenvalue weighted by molar-refractivity contribution is 5.61. The second-order valence-corrected chi connectivity index (χ2v) is 4.56. The molecule has 3 rings (SSSR count). The fourth-order valence-corrected chi connectivity index (χ4v) is 2.40. The van der Waals surface area contributed by atoms with E-state index in [1.165, 1.54) is 17.7 Å². The van der Waals surface area contributed by atoms with Crippen LogP contribution < -0.4 is 10.6 Å². The molecule has 0 saturated carbocycles. The molecule has 0 atom stereocenters. The van der Waals surface area contributed by atoms with Gasteiger partial charge in [-0.1, -0.05) is 18.2 Å². The first-order chi connectivity index (χ1) is 8.88. The summed E-state index contributed by atoms with van der Waals surface area (Å²) in [7, 11) is 0. The lowest BCUT2D eigenvalue weighted by molar-refractivity contribution is 0.549. The predicted octanol–water partition coefficient (Wildman–Crippen LogP) is 2.61. The summed E-state index contributed by atoms with van der Waals surface area (Å²) in [5.74, 6) is 0. The van der Waals surface area contributed by atoms with Gasteiger partial charge in [0.15, 0.2) is 0 Å². The molecule has 1 aliphatic heterocycles. The summed E-state index contributed by atoms with van der Waals surface area (Å²) in [4.78, 5) is 6.58. The second kappa shape index (κ2) is 4.82. The maximum absolute atomic E-state index is 5.58. The van der Waals surface area contributed by atoms with Gasteiger partial charge in [0.1, 0.15) is 6.26 Å². The van der Waals surface area contributed by atoms with Gasteiger partial charge in [-0.05, 0) is 30.9 Å². The van der Waals surface area contributed by atoms with Crippen LogP contribution in [0.5, 0.6) is 0 Å². The molecule has 2 heterocycles. The summed E-state index contributed by atoms with van der Waals surface area (Å²) in [6.45, 7) is 1.36. The van der Waals surface area contributed by atoms with Gasteiger partial charge >= 0.3 is 6.01 Å². The smallest absolute Gasteiger partial charge is 0.302 e. The van der Waals surface area contributed by atoms with Gasteiger partial charge < -0.3 is 10.2 Å². The van der Waals surface area contributed by atoms with E-state index in [1.54, 1.807) is 6.26 Å². The molecule has 0 unspecified atom stereocenters. The summed E-state index contributed by atoms with van der Waals surface area (Å²) in [6.07, 6.45) is 5.12. The quantitative estimate of drug-likeness (QED) is 0.880. The van der Waals surface area contributed by atoms with Crippen LogP contribution in [0, 0.1) is 0 Å². The van der Waals surface area contributed by atoms with E-state index < -0.39 is 0 Å². The molecular weight excluding hydrogens is 226 g/mol. The first kappa shape index (κ1) is 11.3. The lowest BCUT2D eigenvalue weighted by atomic mass is 10.1. The van der Waals surface area contributed by atoms with E-state index in [0.717, 1.165) is 25.1 Å². The third-order valence-corrected chi connectivity index (χ3v) is 3.34. The normalized spacial score (nSPS) is 15.3. The lowest BCUT2D eigenvalue weighted by Crippen LogP contribution is -2.18. The zero-order chi connectivity index (χ0) is 12.4. The van der Waals surface area contributed by atoms with Gasteiger partial charge in [0, 0.05) is 18.8 Å². The van der Waals surface area contributed by atoms with Crippen molar-refractivity contribution >= 4 is 11.7 Å². The molecule has 4 heteroatoms. The van der Waals surface area contributed by atoms with E-state index in [9.17, 15) is 0 Å². The first-order valence-electron chi connectivity index (χ1n) is 6.38. The Balaban J connectivity index is 2.00. The van der Waals surface area contributed by atoms with Crippen molar-refractivity contribution in [2.24, 2.45) is 5.73 Å². The van der Waals surface area contributed by atoms with Crippen molar-refractivity contribution < 1.29 is 4.42 Å². The van der Waals surface area contributed by atoms with E-state index in [0.29, 0.717) is 12.6 Å². The molecule has 1 aliphatic rings. The Morgan fingerprint density at radius 3 is 3.00 bits per heavy atom. The van der Waals surface area contributed by atoms with Gasteiger partial charge in [-0.15, -0.1) is 0 Å². The number of nitrogens with two attached hydrogens (primary N) is 1. The SMILES string of the molecule is NCc1coc(N2CCCCc3ccccc32)n1. The molecule has 0 aliphatic carbocycles. The number of nitrogens with zero attached hydrogens (tertiary/aromatic N) is 2. The number of rotatable bonds is 2. The van der Waals surface area contributed by atoms with Crippen LogP contribution in [-0.4, -0.2) is 11.5 Å². The number of anilines is 2. The maximum atomic E-state index is 5.58. The van der Waals surface area contributed by atoms with Crippen LogP contribution in [0.15, 0.2) is 34.9 Å². The Hall–Kier alpha value is -1.81. The molecule has 0 spiro atoms. The van der Waals surface area contributed by atoms with E-state index in [1.807, 2.05) is 0 Å². The van der Waals surface area contributed by atoms with Crippen LogP contribution in [0.2, 0.25) is 0 Å². The molecule has 1 aromatic heterocycles. The first-order valence-corrected chi connectivity index (χ1v) is 6.38. The number of oxazole rings is 1. The van der Waals surface area contributed by atoms with Crippen molar-refractivity contribution in [2.75, 3.05) is 11.4 Å². The van der Waals surface area contributed by atoms with Gasteiger partial charge in [0.25, 0.3) is 0 Å². The number of aromatic nitrogens is 1. The molecule has 18 heavy (non-hydrogen) atoms. The number of benzene rings is 1. The summed E-state index contributed by atoms with van der Waals surface area (Å²) in [6, 6.07) is 9.12.